The van der Waals surface area contributed by atoms with Crippen LogP contribution in [-0.2, 0) is 9.53 Å². The fraction of sp³-hybridized carbons (Fsp3) is 0.909. The van der Waals surface area contributed by atoms with Crippen molar-refractivity contribution in [2.24, 2.45) is 17.8 Å². The summed E-state index contributed by atoms with van der Waals surface area (Å²) in [4.78, 5) is 11.6. The first kappa shape index (κ1) is 9.04. The summed E-state index contributed by atoms with van der Waals surface area (Å²) in [7, 11) is 0. The van der Waals surface area contributed by atoms with Gasteiger partial charge in [0, 0.05) is 0 Å². The van der Waals surface area contributed by atoms with Crippen molar-refractivity contribution in [3.05, 3.63) is 0 Å². The predicted molar refractivity (Wildman–Crippen MR) is 50.2 cm³/mol. The van der Waals surface area contributed by atoms with Crippen LogP contribution in [0.5, 0.6) is 0 Å². The maximum absolute atomic E-state index is 11.6. The Balaban J connectivity index is 1.96. The summed E-state index contributed by atoms with van der Waals surface area (Å²) in [6.07, 6.45) is 6.27. The third kappa shape index (κ3) is 1.59. The van der Waals surface area contributed by atoms with Crippen LogP contribution in [0.4, 0.5) is 0 Å². The number of carbonyl (C=O) groups is 1. The number of fused-ring (bicyclic) bond motifs is 1. The highest BCUT2D eigenvalue weighted by Gasteiger charge is 2.43. The van der Waals surface area contributed by atoms with E-state index >= 15 is 0 Å². The Labute approximate surface area is 79.7 Å². The fourth-order valence-corrected chi connectivity index (χ4v) is 3.10. The van der Waals surface area contributed by atoms with Crippen molar-refractivity contribution in [1.82, 2.24) is 0 Å². The standard InChI is InChI=1S/C11H18O2/c1-2-13-11(12)10-7-6-8-4-3-5-9(8)10/h8-10H,2-7H2,1H3/t8-,9-,10?/m0/s1. The zero-order chi connectivity index (χ0) is 9.26. The van der Waals surface area contributed by atoms with E-state index in [1.54, 1.807) is 0 Å². The highest BCUT2D eigenvalue weighted by Crippen LogP contribution is 2.47. The molecule has 0 aliphatic heterocycles. The lowest BCUT2D eigenvalue weighted by atomic mass is 9.92. The number of hydrogen-bond donors (Lipinski definition) is 0. The third-order valence-corrected chi connectivity index (χ3v) is 3.67. The normalized spacial score (nSPS) is 37.5. The number of rotatable bonds is 2. The van der Waals surface area contributed by atoms with Crippen LogP contribution in [0.25, 0.3) is 0 Å². The van der Waals surface area contributed by atoms with Gasteiger partial charge in [0.05, 0.1) is 12.5 Å². The Bertz CT molecular complexity index is 200. The molecule has 0 aromatic rings. The van der Waals surface area contributed by atoms with E-state index in [0.717, 1.165) is 12.3 Å². The minimum Gasteiger partial charge on any atom is -0.466 e. The average Bonchev–Trinajstić information content (AvgIpc) is 2.62. The molecule has 3 atom stereocenters. The molecule has 0 bridgehead atoms. The van der Waals surface area contributed by atoms with Gasteiger partial charge in [0.15, 0.2) is 0 Å². The SMILES string of the molecule is CCOC(=O)C1CC[C@@H]2CCC[C@H]12. The van der Waals surface area contributed by atoms with Crippen LogP contribution in [0.3, 0.4) is 0 Å². The Morgan fingerprint density at radius 3 is 2.92 bits per heavy atom. The zero-order valence-corrected chi connectivity index (χ0v) is 8.29. The van der Waals surface area contributed by atoms with Crippen LogP contribution < -0.4 is 0 Å². The van der Waals surface area contributed by atoms with Gasteiger partial charge in [-0.25, -0.2) is 0 Å². The molecule has 0 aromatic carbocycles. The molecule has 2 fully saturated rings. The molecule has 0 saturated heterocycles. The van der Waals surface area contributed by atoms with E-state index in [1.165, 1.54) is 25.7 Å². The quantitative estimate of drug-likeness (QED) is 0.613. The Kier molecular flexibility index (Phi) is 2.56. The molecule has 74 valence electrons. The number of esters is 1. The van der Waals surface area contributed by atoms with Crippen molar-refractivity contribution in [1.29, 1.82) is 0 Å². The smallest absolute Gasteiger partial charge is 0.309 e. The topological polar surface area (TPSA) is 26.3 Å². The van der Waals surface area contributed by atoms with E-state index in [9.17, 15) is 4.79 Å². The summed E-state index contributed by atoms with van der Waals surface area (Å²) in [5, 5.41) is 0. The van der Waals surface area contributed by atoms with Crippen LogP contribution in [-0.4, -0.2) is 12.6 Å². The van der Waals surface area contributed by atoms with Gasteiger partial charge in [-0.1, -0.05) is 12.8 Å². The van der Waals surface area contributed by atoms with Crippen LogP contribution >= 0.6 is 0 Å². The Morgan fingerprint density at radius 1 is 1.31 bits per heavy atom. The second-order valence-electron chi connectivity index (χ2n) is 4.29. The van der Waals surface area contributed by atoms with Gasteiger partial charge in [0.1, 0.15) is 0 Å². The summed E-state index contributed by atoms with van der Waals surface area (Å²) in [6.45, 7) is 2.42. The van der Waals surface area contributed by atoms with E-state index < -0.39 is 0 Å². The third-order valence-electron chi connectivity index (χ3n) is 3.67. The molecular weight excluding hydrogens is 164 g/mol. The van der Waals surface area contributed by atoms with Gasteiger partial charge in [-0.15, -0.1) is 0 Å². The minimum atomic E-state index is 0.0666. The molecule has 2 nitrogen and oxygen atoms in total. The van der Waals surface area contributed by atoms with Crippen molar-refractivity contribution in [3.63, 3.8) is 0 Å². The number of hydrogen-bond acceptors (Lipinski definition) is 2. The summed E-state index contributed by atoms with van der Waals surface area (Å²) in [5.74, 6) is 1.82. The van der Waals surface area contributed by atoms with Gasteiger partial charge in [-0.3, -0.25) is 4.79 Å². The van der Waals surface area contributed by atoms with E-state index in [4.69, 9.17) is 4.74 Å². The summed E-state index contributed by atoms with van der Waals surface area (Å²) >= 11 is 0. The van der Waals surface area contributed by atoms with Gasteiger partial charge < -0.3 is 4.74 Å². The summed E-state index contributed by atoms with van der Waals surface area (Å²) < 4.78 is 5.10. The van der Waals surface area contributed by atoms with Crippen LogP contribution in [0, 0.1) is 17.8 Å². The van der Waals surface area contributed by atoms with E-state index in [1.807, 2.05) is 6.92 Å². The lowest BCUT2D eigenvalue weighted by Gasteiger charge is -2.16. The molecule has 0 amide bonds. The molecule has 0 N–H and O–H groups in total. The largest absolute Gasteiger partial charge is 0.466 e. The monoisotopic (exact) mass is 182 g/mol. The average molecular weight is 182 g/mol. The van der Waals surface area contributed by atoms with Crippen molar-refractivity contribution in [2.75, 3.05) is 6.61 Å². The molecule has 2 aliphatic carbocycles. The van der Waals surface area contributed by atoms with Crippen molar-refractivity contribution < 1.29 is 9.53 Å². The molecular formula is C11H18O2. The molecule has 2 heteroatoms. The summed E-state index contributed by atoms with van der Waals surface area (Å²) in [6, 6.07) is 0. The van der Waals surface area contributed by atoms with Gasteiger partial charge in [-0.2, -0.15) is 0 Å². The van der Waals surface area contributed by atoms with Crippen molar-refractivity contribution in [2.45, 2.75) is 39.0 Å². The second kappa shape index (κ2) is 3.69. The van der Waals surface area contributed by atoms with E-state index in [0.29, 0.717) is 12.5 Å². The number of carbonyl (C=O) groups excluding carboxylic acids is 1. The van der Waals surface area contributed by atoms with E-state index in [-0.39, 0.29) is 11.9 Å². The van der Waals surface area contributed by atoms with Gasteiger partial charge in [0.2, 0.25) is 0 Å². The highest BCUT2D eigenvalue weighted by atomic mass is 16.5. The lowest BCUT2D eigenvalue weighted by molar-refractivity contribution is -0.149. The molecule has 1 unspecified atom stereocenters. The first-order valence-electron chi connectivity index (χ1n) is 5.49. The Hall–Kier alpha value is -0.530. The first-order chi connectivity index (χ1) is 6.33. The fourth-order valence-electron chi connectivity index (χ4n) is 3.10. The molecule has 2 rings (SSSR count). The van der Waals surface area contributed by atoms with E-state index in [2.05, 4.69) is 0 Å². The molecule has 13 heavy (non-hydrogen) atoms. The summed E-state index contributed by atoms with van der Waals surface area (Å²) in [5.41, 5.74) is 0. The van der Waals surface area contributed by atoms with Crippen LogP contribution in [0.2, 0.25) is 0 Å². The predicted octanol–water partition coefficient (Wildman–Crippen LogP) is 2.38. The van der Waals surface area contributed by atoms with Crippen molar-refractivity contribution in [3.8, 4) is 0 Å². The maximum atomic E-state index is 11.6. The Morgan fingerprint density at radius 2 is 2.15 bits per heavy atom. The second-order valence-corrected chi connectivity index (χ2v) is 4.29. The minimum absolute atomic E-state index is 0.0666. The first-order valence-corrected chi connectivity index (χ1v) is 5.49. The zero-order valence-electron chi connectivity index (χ0n) is 8.29. The lowest BCUT2D eigenvalue weighted by Crippen LogP contribution is -2.21. The molecule has 0 aromatic heterocycles. The van der Waals surface area contributed by atoms with Gasteiger partial charge in [-0.05, 0) is 38.0 Å². The maximum Gasteiger partial charge on any atom is 0.309 e. The molecule has 2 aliphatic rings. The molecule has 0 radical (unpaired) electrons. The highest BCUT2D eigenvalue weighted by molar-refractivity contribution is 5.73. The van der Waals surface area contributed by atoms with Crippen molar-refractivity contribution >= 4 is 5.97 Å². The number of ether oxygens (including phenoxy) is 1. The molecule has 0 spiro atoms. The van der Waals surface area contributed by atoms with Gasteiger partial charge >= 0.3 is 5.97 Å². The van der Waals surface area contributed by atoms with Crippen LogP contribution in [0.1, 0.15) is 39.0 Å². The molecule has 2 saturated carbocycles. The van der Waals surface area contributed by atoms with Gasteiger partial charge in [0.25, 0.3) is 0 Å². The van der Waals surface area contributed by atoms with Crippen LogP contribution in [0.15, 0.2) is 0 Å². The molecule has 0 heterocycles.